The topological polar surface area (TPSA) is 61.4 Å². The third-order valence-corrected chi connectivity index (χ3v) is 4.65. The van der Waals surface area contributed by atoms with Crippen molar-refractivity contribution in [2.75, 3.05) is 6.54 Å². The van der Waals surface area contributed by atoms with E-state index in [1.807, 2.05) is 0 Å². The summed E-state index contributed by atoms with van der Waals surface area (Å²) in [4.78, 5) is 11.9. The summed E-state index contributed by atoms with van der Waals surface area (Å²) >= 11 is 5.60. The van der Waals surface area contributed by atoms with Crippen molar-refractivity contribution in [1.29, 1.82) is 0 Å². The maximum atomic E-state index is 13.4. The lowest BCUT2D eigenvalue weighted by atomic mass is 10.1. The monoisotopic (exact) mass is 326 g/mol. The van der Waals surface area contributed by atoms with Crippen molar-refractivity contribution in [3.05, 3.63) is 34.6 Å². The van der Waals surface area contributed by atoms with Gasteiger partial charge in [0.1, 0.15) is 5.82 Å². The lowest BCUT2D eigenvalue weighted by Gasteiger charge is -2.19. The van der Waals surface area contributed by atoms with E-state index >= 15 is 0 Å². The lowest BCUT2D eigenvalue weighted by molar-refractivity contribution is 0.171. The van der Waals surface area contributed by atoms with Gasteiger partial charge >= 0.3 is 6.03 Å². The first kappa shape index (κ1) is 15.6. The van der Waals surface area contributed by atoms with Gasteiger partial charge in [0.2, 0.25) is 0 Å². The second kappa shape index (κ2) is 6.42. The molecule has 2 saturated carbocycles. The number of benzene rings is 1. The van der Waals surface area contributed by atoms with Crippen molar-refractivity contribution in [2.45, 2.75) is 37.8 Å². The van der Waals surface area contributed by atoms with E-state index in [1.165, 1.54) is 37.8 Å². The lowest BCUT2D eigenvalue weighted by Crippen LogP contribution is -2.45. The zero-order chi connectivity index (χ0) is 15.7. The van der Waals surface area contributed by atoms with Crippen molar-refractivity contribution in [2.24, 2.45) is 11.8 Å². The first-order valence-corrected chi connectivity index (χ1v) is 8.10. The molecule has 22 heavy (non-hydrogen) atoms. The second-order valence-corrected chi connectivity index (χ2v) is 6.65. The molecule has 0 aromatic heterocycles. The number of aliphatic hydroxyl groups excluding tert-OH is 1. The molecule has 4 nitrogen and oxygen atoms in total. The molecule has 1 aromatic rings. The number of aliphatic hydroxyl groups is 1. The van der Waals surface area contributed by atoms with Gasteiger partial charge < -0.3 is 15.7 Å². The van der Waals surface area contributed by atoms with Crippen LogP contribution < -0.4 is 10.6 Å². The molecule has 2 fully saturated rings. The summed E-state index contributed by atoms with van der Waals surface area (Å²) in [6.45, 7) is 0.0367. The van der Waals surface area contributed by atoms with Gasteiger partial charge in [-0.05, 0) is 55.2 Å². The third-order valence-electron chi connectivity index (χ3n) is 4.34. The fourth-order valence-electron chi connectivity index (χ4n) is 2.76. The van der Waals surface area contributed by atoms with Gasteiger partial charge in [0.15, 0.2) is 0 Å². The van der Waals surface area contributed by atoms with Crippen LogP contribution in [0, 0.1) is 17.7 Å². The second-order valence-electron chi connectivity index (χ2n) is 6.24. The summed E-state index contributed by atoms with van der Waals surface area (Å²) < 4.78 is 13.4. The summed E-state index contributed by atoms with van der Waals surface area (Å²) in [5, 5.41) is 15.7. The van der Waals surface area contributed by atoms with Crippen LogP contribution in [0.25, 0.3) is 0 Å². The average Bonchev–Trinajstić information content (AvgIpc) is 3.38. The molecule has 2 aliphatic rings. The largest absolute Gasteiger partial charge is 0.387 e. The molecule has 0 heterocycles. The quantitative estimate of drug-likeness (QED) is 0.752. The number of carbonyl (C=O) groups is 1. The molecule has 3 N–H and O–H groups in total. The van der Waals surface area contributed by atoms with Crippen LogP contribution >= 0.6 is 11.6 Å². The van der Waals surface area contributed by atoms with Gasteiger partial charge in [-0.25, -0.2) is 9.18 Å². The number of halogens is 2. The molecule has 1 atom stereocenters. The zero-order valence-corrected chi connectivity index (χ0v) is 12.9. The Balaban J connectivity index is 1.48. The molecule has 1 aromatic carbocycles. The number of hydrogen-bond donors (Lipinski definition) is 3. The maximum absolute atomic E-state index is 13.4. The SMILES string of the molecule is O=C(NCC(O)c1ccc(Cl)c(F)c1)NC(C1CC1)C1CC1. The van der Waals surface area contributed by atoms with Gasteiger partial charge in [-0.1, -0.05) is 17.7 Å². The Morgan fingerprint density at radius 1 is 1.32 bits per heavy atom. The summed E-state index contributed by atoms with van der Waals surface area (Å²) in [7, 11) is 0. The molecule has 3 rings (SSSR count). The predicted octanol–water partition coefficient (Wildman–Crippen LogP) is 3.00. The van der Waals surface area contributed by atoms with Crippen LogP contribution in [0.3, 0.4) is 0 Å². The van der Waals surface area contributed by atoms with E-state index in [2.05, 4.69) is 10.6 Å². The van der Waals surface area contributed by atoms with Gasteiger partial charge in [0, 0.05) is 12.6 Å². The van der Waals surface area contributed by atoms with Crippen LogP contribution in [0.2, 0.25) is 5.02 Å². The predicted molar refractivity (Wildman–Crippen MR) is 82.1 cm³/mol. The van der Waals surface area contributed by atoms with Crippen LogP contribution in [-0.4, -0.2) is 23.7 Å². The van der Waals surface area contributed by atoms with Crippen LogP contribution in [-0.2, 0) is 0 Å². The standard InChI is InChI=1S/C16H20ClFN2O2/c17-12-6-5-11(7-13(12)18)14(21)8-19-16(22)20-15(9-1-2-9)10-3-4-10/h5-7,9-10,14-15,21H,1-4,8H2,(H2,19,20,22). The van der Waals surface area contributed by atoms with Gasteiger partial charge in [-0.2, -0.15) is 0 Å². The van der Waals surface area contributed by atoms with Gasteiger partial charge in [-0.3, -0.25) is 0 Å². The van der Waals surface area contributed by atoms with Gasteiger partial charge in [-0.15, -0.1) is 0 Å². The number of nitrogens with one attached hydrogen (secondary N) is 2. The van der Waals surface area contributed by atoms with Crippen molar-refractivity contribution >= 4 is 17.6 Å². The van der Waals surface area contributed by atoms with E-state index in [0.29, 0.717) is 17.4 Å². The van der Waals surface area contributed by atoms with Gasteiger partial charge in [0.05, 0.1) is 11.1 Å². The third kappa shape index (κ3) is 3.90. The molecule has 2 amide bonds. The van der Waals surface area contributed by atoms with E-state index in [-0.39, 0.29) is 23.6 Å². The minimum atomic E-state index is -0.960. The minimum Gasteiger partial charge on any atom is -0.387 e. The highest BCUT2D eigenvalue weighted by atomic mass is 35.5. The molecule has 0 aliphatic heterocycles. The fraction of sp³-hybridized carbons (Fsp3) is 0.562. The first-order chi connectivity index (χ1) is 10.5. The molecule has 0 spiro atoms. The molecule has 0 saturated heterocycles. The van der Waals surface area contributed by atoms with E-state index in [4.69, 9.17) is 11.6 Å². The molecular weight excluding hydrogens is 307 g/mol. The first-order valence-electron chi connectivity index (χ1n) is 7.72. The summed E-state index contributed by atoms with van der Waals surface area (Å²) in [5.41, 5.74) is 0.392. The van der Waals surface area contributed by atoms with Crippen molar-refractivity contribution in [3.63, 3.8) is 0 Å². The Bertz CT molecular complexity index is 549. The molecule has 120 valence electrons. The Morgan fingerprint density at radius 2 is 1.95 bits per heavy atom. The van der Waals surface area contributed by atoms with Crippen LogP contribution in [0.4, 0.5) is 9.18 Å². The molecule has 0 bridgehead atoms. The van der Waals surface area contributed by atoms with Crippen LogP contribution in [0.1, 0.15) is 37.4 Å². The Morgan fingerprint density at radius 3 is 2.50 bits per heavy atom. The Labute approximate surface area is 134 Å². The fourth-order valence-corrected chi connectivity index (χ4v) is 2.88. The normalized spacial score (nSPS) is 19.1. The van der Waals surface area contributed by atoms with Crippen LogP contribution in [0.5, 0.6) is 0 Å². The van der Waals surface area contributed by atoms with E-state index in [0.717, 1.165) is 0 Å². The minimum absolute atomic E-state index is 0.0124. The zero-order valence-electron chi connectivity index (χ0n) is 12.2. The highest BCUT2D eigenvalue weighted by Crippen LogP contribution is 2.44. The van der Waals surface area contributed by atoms with Crippen molar-refractivity contribution in [1.82, 2.24) is 10.6 Å². The maximum Gasteiger partial charge on any atom is 0.315 e. The molecule has 1 unspecified atom stereocenters. The molecule has 2 aliphatic carbocycles. The summed E-state index contributed by atoms with van der Waals surface area (Å²) in [6.07, 6.45) is 3.79. The van der Waals surface area contributed by atoms with E-state index in [9.17, 15) is 14.3 Å². The number of carbonyl (C=O) groups excluding carboxylic acids is 1. The number of rotatable bonds is 6. The molecule has 0 radical (unpaired) electrons. The van der Waals surface area contributed by atoms with Crippen molar-refractivity contribution in [3.8, 4) is 0 Å². The Kier molecular flexibility index (Phi) is 4.54. The highest BCUT2D eigenvalue weighted by molar-refractivity contribution is 6.30. The number of urea groups is 1. The number of amides is 2. The molecular formula is C16H20ClFN2O2. The van der Waals surface area contributed by atoms with Crippen molar-refractivity contribution < 1.29 is 14.3 Å². The van der Waals surface area contributed by atoms with Crippen LogP contribution in [0.15, 0.2) is 18.2 Å². The Hall–Kier alpha value is -1.33. The summed E-state index contributed by atoms with van der Waals surface area (Å²) in [6, 6.07) is 4.13. The molecule has 6 heteroatoms. The van der Waals surface area contributed by atoms with E-state index in [1.54, 1.807) is 6.07 Å². The van der Waals surface area contributed by atoms with Gasteiger partial charge in [0.25, 0.3) is 0 Å². The number of hydrogen-bond acceptors (Lipinski definition) is 2. The smallest absolute Gasteiger partial charge is 0.315 e. The highest BCUT2D eigenvalue weighted by Gasteiger charge is 2.42. The summed E-state index contributed by atoms with van der Waals surface area (Å²) in [5.74, 6) is 0.660. The average molecular weight is 327 g/mol. The van der Waals surface area contributed by atoms with E-state index < -0.39 is 11.9 Å².